The number of hydrogen-bond acceptors (Lipinski definition) is 3. The number of benzene rings is 2. The maximum atomic E-state index is 12.4. The van der Waals surface area contributed by atoms with Gasteiger partial charge < -0.3 is 10.1 Å². The molecule has 0 fully saturated rings. The summed E-state index contributed by atoms with van der Waals surface area (Å²) >= 11 is 15.6. The maximum absolute atomic E-state index is 12.4. The van der Waals surface area contributed by atoms with Crippen LogP contribution in [0.2, 0.25) is 10.0 Å². The van der Waals surface area contributed by atoms with Crippen LogP contribution in [0.5, 0.6) is 5.75 Å². The molecule has 2 aromatic carbocycles. The molecular formula is C20H18BrCl2N3O2. The van der Waals surface area contributed by atoms with E-state index in [4.69, 9.17) is 27.9 Å². The number of nitrogens with one attached hydrogen (secondary N) is 1. The fraction of sp³-hybridized carbons (Fsp3) is 0.200. The van der Waals surface area contributed by atoms with Gasteiger partial charge in [0.05, 0.1) is 28.5 Å². The summed E-state index contributed by atoms with van der Waals surface area (Å²) in [4.78, 5) is 12.4. The fourth-order valence-corrected chi connectivity index (χ4v) is 3.54. The lowest BCUT2D eigenvalue weighted by molar-refractivity contribution is 0.0950. The van der Waals surface area contributed by atoms with Gasteiger partial charge in [-0.05, 0) is 42.8 Å². The van der Waals surface area contributed by atoms with Crippen LogP contribution in [0.3, 0.4) is 0 Å². The van der Waals surface area contributed by atoms with Gasteiger partial charge in [0.25, 0.3) is 5.91 Å². The zero-order valence-electron chi connectivity index (χ0n) is 15.1. The molecule has 0 spiro atoms. The molecule has 0 aliphatic heterocycles. The van der Waals surface area contributed by atoms with Gasteiger partial charge >= 0.3 is 0 Å². The molecule has 1 aromatic heterocycles. The van der Waals surface area contributed by atoms with Crippen molar-refractivity contribution in [1.82, 2.24) is 15.1 Å². The van der Waals surface area contributed by atoms with E-state index in [9.17, 15) is 4.79 Å². The molecule has 0 bridgehead atoms. The zero-order chi connectivity index (χ0) is 20.1. The highest BCUT2D eigenvalue weighted by Crippen LogP contribution is 2.28. The first-order valence-electron chi connectivity index (χ1n) is 8.63. The Bertz CT molecular complexity index is 974. The molecular weight excluding hydrogens is 465 g/mol. The molecule has 1 N–H and O–H groups in total. The SMILES string of the molecule is CCn1ncc(Cl)c1CNC(=O)c1ccc(COc2ccc(Br)cc2Cl)cc1. The van der Waals surface area contributed by atoms with Crippen LogP contribution in [-0.4, -0.2) is 15.7 Å². The van der Waals surface area contributed by atoms with Crippen molar-refractivity contribution in [2.75, 3.05) is 0 Å². The highest BCUT2D eigenvalue weighted by atomic mass is 79.9. The molecule has 146 valence electrons. The number of ether oxygens (including phenoxy) is 1. The lowest BCUT2D eigenvalue weighted by Gasteiger charge is -2.10. The van der Waals surface area contributed by atoms with Crippen LogP contribution in [0.15, 0.2) is 53.1 Å². The van der Waals surface area contributed by atoms with Crippen molar-refractivity contribution in [3.8, 4) is 5.75 Å². The number of aryl methyl sites for hydroxylation is 1. The van der Waals surface area contributed by atoms with Crippen LogP contribution in [-0.2, 0) is 19.7 Å². The zero-order valence-corrected chi connectivity index (χ0v) is 18.2. The van der Waals surface area contributed by atoms with E-state index < -0.39 is 0 Å². The number of carbonyl (C=O) groups is 1. The normalized spacial score (nSPS) is 10.7. The second-order valence-corrected chi connectivity index (χ2v) is 7.73. The molecule has 28 heavy (non-hydrogen) atoms. The van der Waals surface area contributed by atoms with Gasteiger partial charge in [0, 0.05) is 16.6 Å². The standard InChI is InChI=1S/C20H18BrCl2N3O2/c1-2-26-18(17(23)10-25-26)11-24-20(27)14-5-3-13(4-6-14)12-28-19-8-7-15(21)9-16(19)22/h3-10H,2,11-12H2,1H3,(H,24,27). The van der Waals surface area contributed by atoms with E-state index in [1.807, 2.05) is 25.1 Å². The topological polar surface area (TPSA) is 56.2 Å². The van der Waals surface area contributed by atoms with Crippen molar-refractivity contribution >= 4 is 45.0 Å². The van der Waals surface area contributed by atoms with Crippen molar-refractivity contribution < 1.29 is 9.53 Å². The second-order valence-electron chi connectivity index (χ2n) is 6.00. The van der Waals surface area contributed by atoms with E-state index >= 15 is 0 Å². The Morgan fingerprint density at radius 3 is 2.61 bits per heavy atom. The maximum Gasteiger partial charge on any atom is 0.251 e. The van der Waals surface area contributed by atoms with Crippen molar-refractivity contribution in [2.24, 2.45) is 0 Å². The highest BCUT2D eigenvalue weighted by molar-refractivity contribution is 9.10. The molecule has 0 saturated carbocycles. The molecule has 0 radical (unpaired) electrons. The van der Waals surface area contributed by atoms with Crippen LogP contribution in [0.1, 0.15) is 28.5 Å². The molecule has 1 heterocycles. The first-order valence-corrected chi connectivity index (χ1v) is 10.2. The molecule has 5 nitrogen and oxygen atoms in total. The van der Waals surface area contributed by atoms with E-state index in [0.717, 1.165) is 15.7 Å². The van der Waals surface area contributed by atoms with Gasteiger partial charge in [-0.1, -0.05) is 51.3 Å². The summed E-state index contributed by atoms with van der Waals surface area (Å²) in [5.41, 5.74) is 2.28. The smallest absolute Gasteiger partial charge is 0.251 e. The van der Waals surface area contributed by atoms with Gasteiger partial charge in [-0.2, -0.15) is 5.10 Å². The largest absolute Gasteiger partial charge is 0.487 e. The minimum atomic E-state index is -0.177. The van der Waals surface area contributed by atoms with E-state index in [0.29, 0.717) is 41.1 Å². The van der Waals surface area contributed by atoms with E-state index in [-0.39, 0.29) is 5.91 Å². The van der Waals surface area contributed by atoms with Gasteiger partial charge in [-0.3, -0.25) is 9.48 Å². The Labute approximate surface area is 181 Å². The molecule has 8 heteroatoms. The molecule has 0 unspecified atom stereocenters. The van der Waals surface area contributed by atoms with Crippen molar-refractivity contribution in [2.45, 2.75) is 26.6 Å². The summed E-state index contributed by atoms with van der Waals surface area (Å²) in [5.74, 6) is 0.430. The Hall–Kier alpha value is -2.02. The monoisotopic (exact) mass is 481 g/mol. The molecule has 0 aliphatic carbocycles. The quantitative estimate of drug-likeness (QED) is 0.485. The number of rotatable bonds is 7. The van der Waals surface area contributed by atoms with Crippen LogP contribution in [0, 0.1) is 0 Å². The van der Waals surface area contributed by atoms with E-state index in [1.54, 1.807) is 35.1 Å². The second kappa shape index (κ2) is 9.45. The molecule has 0 saturated heterocycles. The fourth-order valence-electron chi connectivity index (χ4n) is 2.61. The van der Waals surface area contributed by atoms with Crippen molar-refractivity contribution in [3.63, 3.8) is 0 Å². The molecule has 0 aliphatic rings. The Kier molecular flexibility index (Phi) is 6.99. The summed E-state index contributed by atoms with van der Waals surface area (Å²) in [7, 11) is 0. The highest BCUT2D eigenvalue weighted by Gasteiger charge is 2.11. The van der Waals surface area contributed by atoms with Gasteiger partial charge in [0.1, 0.15) is 12.4 Å². The number of amides is 1. The Morgan fingerprint density at radius 1 is 1.18 bits per heavy atom. The third-order valence-corrected chi connectivity index (χ3v) is 5.22. The first kappa shape index (κ1) is 20.7. The van der Waals surface area contributed by atoms with Gasteiger partial charge in [0.15, 0.2) is 0 Å². The summed E-state index contributed by atoms with van der Waals surface area (Å²) in [6.07, 6.45) is 1.58. The molecule has 0 atom stereocenters. The minimum Gasteiger partial charge on any atom is -0.487 e. The minimum absolute atomic E-state index is 0.177. The number of aromatic nitrogens is 2. The summed E-state index contributed by atoms with van der Waals surface area (Å²) in [6, 6.07) is 12.7. The van der Waals surface area contributed by atoms with Crippen LogP contribution < -0.4 is 10.1 Å². The summed E-state index contributed by atoms with van der Waals surface area (Å²) in [5, 5.41) is 8.11. The molecule has 3 aromatic rings. The van der Waals surface area contributed by atoms with Crippen LogP contribution >= 0.6 is 39.1 Å². The van der Waals surface area contributed by atoms with Crippen LogP contribution in [0.25, 0.3) is 0 Å². The van der Waals surface area contributed by atoms with Crippen molar-refractivity contribution in [3.05, 3.63) is 80.0 Å². The average Bonchev–Trinajstić information content (AvgIpc) is 3.05. The molecule has 3 rings (SSSR count). The third-order valence-electron chi connectivity index (χ3n) is 4.12. The summed E-state index contributed by atoms with van der Waals surface area (Å²) < 4.78 is 8.39. The summed E-state index contributed by atoms with van der Waals surface area (Å²) in [6.45, 7) is 3.33. The van der Waals surface area contributed by atoms with Gasteiger partial charge in [-0.15, -0.1) is 0 Å². The lowest BCUT2D eigenvalue weighted by Crippen LogP contribution is -2.24. The lowest BCUT2D eigenvalue weighted by atomic mass is 10.1. The predicted molar refractivity (Wildman–Crippen MR) is 114 cm³/mol. The Morgan fingerprint density at radius 2 is 1.93 bits per heavy atom. The van der Waals surface area contributed by atoms with E-state index in [2.05, 4.69) is 26.3 Å². The van der Waals surface area contributed by atoms with Crippen LogP contribution in [0.4, 0.5) is 0 Å². The number of hydrogen-bond donors (Lipinski definition) is 1. The van der Waals surface area contributed by atoms with E-state index in [1.165, 1.54) is 0 Å². The number of halogens is 3. The molecule has 1 amide bonds. The number of nitrogens with zero attached hydrogens (tertiary/aromatic N) is 2. The van der Waals surface area contributed by atoms with Gasteiger partial charge in [-0.25, -0.2) is 0 Å². The predicted octanol–water partition coefficient (Wildman–Crippen LogP) is 5.48. The first-order chi connectivity index (χ1) is 13.5. The Balaban J connectivity index is 1.57. The average molecular weight is 483 g/mol. The van der Waals surface area contributed by atoms with Crippen molar-refractivity contribution in [1.29, 1.82) is 0 Å². The van der Waals surface area contributed by atoms with Gasteiger partial charge in [0.2, 0.25) is 0 Å². The number of carbonyl (C=O) groups excluding carboxylic acids is 1. The third kappa shape index (κ3) is 5.07.